The van der Waals surface area contributed by atoms with Crippen molar-refractivity contribution in [2.45, 2.75) is 64.9 Å². The lowest BCUT2D eigenvalue weighted by Crippen LogP contribution is -2.16. The summed E-state index contributed by atoms with van der Waals surface area (Å²) in [7, 11) is 0. The van der Waals surface area contributed by atoms with Crippen molar-refractivity contribution >= 4 is 17.2 Å². The molecule has 1 aliphatic rings. The minimum absolute atomic E-state index is 0.202. The first-order valence-electron chi connectivity index (χ1n) is 14.0. The van der Waals surface area contributed by atoms with E-state index in [2.05, 4.69) is 48.7 Å². The minimum atomic E-state index is -0.324. The summed E-state index contributed by atoms with van der Waals surface area (Å²) in [6.45, 7) is 6.25. The van der Waals surface area contributed by atoms with E-state index in [1.54, 1.807) is 24.3 Å². The highest BCUT2D eigenvalue weighted by Crippen LogP contribution is 2.47. The lowest BCUT2D eigenvalue weighted by atomic mass is 9.86. The van der Waals surface area contributed by atoms with Gasteiger partial charge in [0, 0.05) is 17.7 Å². The fourth-order valence-electron chi connectivity index (χ4n) is 5.09. The molecular formula is C34H41NO3. The molecule has 4 heteroatoms. The van der Waals surface area contributed by atoms with Crippen LogP contribution in [0.25, 0.3) is 17.2 Å². The summed E-state index contributed by atoms with van der Waals surface area (Å²) in [5.41, 5.74) is 5.95. The minimum Gasteiger partial charge on any atom is -0.508 e. The van der Waals surface area contributed by atoms with Gasteiger partial charge in [-0.15, -0.1) is 0 Å². The van der Waals surface area contributed by atoms with E-state index in [9.17, 15) is 10.2 Å². The highest BCUT2D eigenvalue weighted by Gasteiger charge is 2.29. The van der Waals surface area contributed by atoms with Crippen molar-refractivity contribution in [3.05, 3.63) is 95.1 Å². The van der Waals surface area contributed by atoms with Crippen LogP contribution >= 0.6 is 0 Å². The molecule has 1 heterocycles. The van der Waals surface area contributed by atoms with Gasteiger partial charge in [-0.1, -0.05) is 94.0 Å². The van der Waals surface area contributed by atoms with Gasteiger partial charge in [0.2, 0.25) is 0 Å². The number of rotatable bonds is 13. The molecule has 0 spiro atoms. The number of unbranched alkanes of at least 4 members (excludes halogenated alkanes) is 6. The molecule has 200 valence electrons. The average Bonchev–Trinajstić information content (AvgIpc) is 2.92. The highest BCUT2D eigenvalue weighted by molar-refractivity contribution is 5.95. The maximum Gasteiger partial charge on any atom is 0.150 e. The highest BCUT2D eigenvalue weighted by atomic mass is 16.5. The lowest BCUT2D eigenvalue weighted by Gasteiger charge is -2.31. The molecule has 3 aromatic carbocycles. The number of phenols is 2. The van der Waals surface area contributed by atoms with E-state index < -0.39 is 0 Å². The molecule has 1 unspecified atom stereocenters. The fourth-order valence-corrected chi connectivity index (χ4v) is 5.09. The number of hydrogen-bond acceptors (Lipinski definition) is 4. The third-order valence-electron chi connectivity index (χ3n) is 7.20. The predicted molar refractivity (Wildman–Crippen MR) is 158 cm³/mol. The van der Waals surface area contributed by atoms with Crippen LogP contribution in [0.1, 0.15) is 87.2 Å². The number of fused-ring (bicyclic) bond motifs is 1. The van der Waals surface area contributed by atoms with Crippen LogP contribution in [-0.2, 0) is 0 Å². The maximum atomic E-state index is 10.1. The standard InChI is InChI=1S/C34H41NO3/c1-3-4-5-6-7-8-9-21-35-22-11-12-26-15-17-27(18-16-26)34-33(28-13-10-14-29(36)23-28)25(2)31-24-30(37)19-20-32(31)38-34/h10-20,23-24,34-37H,3-9,21-22H2,1-2H3/b12-11+. The largest absolute Gasteiger partial charge is 0.508 e. The number of nitrogens with one attached hydrogen (secondary N) is 1. The number of aromatic hydroxyl groups is 2. The summed E-state index contributed by atoms with van der Waals surface area (Å²) in [4.78, 5) is 0. The number of allylic oxidation sites excluding steroid dienone is 1. The van der Waals surface area contributed by atoms with Crippen LogP contribution in [-0.4, -0.2) is 23.3 Å². The van der Waals surface area contributed by atoms with Crippen molar-refractivity contribution in [2.75, 3.05) is 13.1 Å². The van der Waals surface area contributed by atoms with Crippen LogP contribution in [0, 0.1) is 0 Å². The Morgan fingerprint density at radius 2 is 1.58 bits per heavy atom. The average molecular weight is 512 g/mol. The number of hydrogen-bond donors (Lipinski definition) is 3. The van der Waals surface area contributed by atoms with Gasteiger partial charge in [-0.2, -0.15) is 0 Å². The SMILES string of the molecule is CCCCCCCCCNC/C=C/c1ccc(C2Oc3ccc(O)cc3C(C)=C2c2cccc(O)c2)cc1. The Kier molecular flexibility index (Phi) is 10.1. The van der Waals surface area contributed by atoms with Crippen LogP contribution in [0.2, 0.25) is 0 Å². The first kappa shape index (κ1) is 27.5. The summed E-state index contributed by atoms with van der Waals surface area (Å²) in [6, 6.07) is 20.9. The second-order valence-corrected chi connectivity index (χ2v) is 10.2. The van der Waals surface area contributed by atoms with Crippen molar-refractivity contribution in [1.29, 1.82) is 0 Å². The first-order valence-corrected chi connectivity index (χ1v) is 14.0. The van der Waals surface area contributed by atoms with Crippen molar-refractivity contribution in [3.63, 3.8) is 0 Å². The van der Waals surface area contributed by atoms with Gasteiger partial charge in [0.05, 0.1) is 0 Å². The van der Waals surface area contributed by atoms with Gasteiger partial charge in [0.15, 0.2) is 0 Å². The van der Waals surface area contributed by atoms with E-state index in [0.717, 1.165) is 52.2 Å². The molecule has 0 saturated carbocycles. The van der Waals surface area contributed by atoms with Crippen LogP contribution in [0.15, 0.2) is 72.8 Å². The third-order valence-corrected chi connectivity index (χ3v) is 7.20. The van der Waals surface area contributed by atoms with Crippen molar-refractivity contribution in [3.8, 4) is 17.2 Å². The van der Waals surface area contributed by atoms with E-state index in [4.69, 9.17) is 4.74 Å². The van der Waals surface area contributed by atoms with Crippen LogP contribution in [0.3, 0.4) is 0 Å². The van der Waals surface area contributed by atoms with E-state index in [0.29, 0.717) is 0 Å². The quantitative estimate of drug-likeness (QED) is 0.201. The second-order valence-electron chi connectivity index (χ2n) is 10.2. The Hall–Kier alpha value is -3.50. The molecule has 0 fully saturated rings. The molecule has 0 amide bonds. The van der Waals surface area contributed by atoms with Gasteiger partial charge in [-0.05, 0) is 72.5 Å². The van der Waals surface area contributed by atoms with Gasteiger partial charge in [-0.25, -0.2) is 0 Å². The Bertz CT molecular complexity index is 1240. The molecule has 0 radical (unpaired) electrons. The molecule has 4 nitrogen and oxygen atoms in total. The Balaban J connectivity index is 1.40. The molecule has 38 heavy (non-hydrogen) atoms. The normalized spacial score (nSPS) is 15.1. The summed E-state index contributed by atoms with van der Waals surface area (Å²) in [6.07, 6.45) is 13.3. The lowest BCUT2D eigenvalue weighted by molar-refractivity contribution is 0.259. The van der Waals surface area contributed by atoms with Crippen molar-refractivity contribution in [2.24, 2.45) is 0 Å². The van der Waals surface area contributed by atoms with Crippen LogP contribution in [0.5, 0.6) is 17.2 Å². The zero-order chi connectivity index (χ0) is 26.7. The fraction of sp³-hybridized carbons (Fsp3) is 0.353. The predicted octanol–water partition coefficient (Wildman–Crippen LogP) is 8.52. The molecule has 1 atom stereocenters. The molecule has 0 aliphatic carbocycles. The molecule has 0 bridgehead atoms. The van der Waals surface area contributed by atoms with Crippen LogP contribution < -0.4 is 10.1 Å². The summed E-state index contributed by atoms with van der Waals surface area (Å²) in [5.74, 6) is 1.16. The summed E-state index contributed by atoms with van der Waals surface area (Å²) in [5, 5.41) is 23.7. The first-order chi connectivity index (χ1) is 18.6. The Labute approximate surface area is 227 Å². The Morgan fingerprint density at radius 1 is 0.842 bits per heavy atom. The van der Waals surface area contributed by atoms with Gasteiger partial charge in [0.25, 0.3) is 0 Å². The van der Waals surface area contributed by atoms with Gasteiger partial charge < -0.3 is 20.3 Å². The molecule has 3 N–H and O–H groups in total. The monoisotopic (exact) mass is 511 g/mol. The summed E-state index contributed by atoms with van der Waals surface area (Å²) >= 11 is 0. The molecule has 1 aliphatic heterocycles. The van der Waals surface area contributed by atoms with Crippen molar-refractivity contribution < 1.29 is 14.9 Å². The zero-order valence-corrected chi connectivity index (χ0v) is 22.7. The number of phenolic OH excluding ortho intramolecular Hbond substituents is 2. The molecule has 0 aromatic heterocycles. The van der Waals surface area contributed by atoms with Gasteiger partial charge >= 0.3 is 0 Å². The molecule has 3 aromatic rings. The van der Waals surface area contributed by atoms with Crippen LogP contribution in [0.4, 0.5) is 0 Å². The Morgan fingerprint density at radius 3 is 2.34 bits per heavy atom. The van der Waals surface area contributed by atoms with Crippen molar-refractivity contribution in [1.82, 2.24) is 5.32 Å². The number of benzene rings is 3. The third kappa shape index (κ3) is 7.29. The number of ether oxygens (including phenoxy) is 1. The van der Waals surface area contributed by atoms with E-state index in [1.807, 2.05) is 25.1 Å². The smallest absolute Gasteiger partial charge is 0.150 e. The molecule has 4 rings (SSSR count). The van der Waals surface area contributed by atoms with E-state index in [1.165, 1.54) is 44.9 Å². The van der Waals surface area contributed by atoms with Gasteiger partial charge in [0.1, 0.15) is 23.4 Å². The molecular weight excluding hydrogens is 470 g/mol. The topological polar surface area (TPSA) is 61.7 Å². The maximum absolute atomic E-state index is 10.1. The summed E-state index contributed by atoms with van der Waals surface area (Å²) < 4.78 is 6.48. The second kappa shape index (κ2) is 13.9. The van der Waals surface area contributed by atoms with E-state index >= 15 is 0 Å². The van der Waals surface area contributed by atoms with E-state index in [-0.39, 0.29) is 17.6 Å². The van der Waals surface area contributed by atoms with Gasteiger partial charge in [-0.3, -0.25) is 0 Å². The molecule has 0 saturated heterocycles. The zero-order valence-electron chi connectivity index (χ0n) is 22.7.